The third kappa shape index (κ3) is 5.12. The van der Waals surface area contributed by atoms with E-state index in [1.165, 1.54) is 12.3 Å². The number of sulfone groups is 1. The molecule has 2 atom stereocenters. The zero-order valence-electron chi connectivity index (χ0n) is 18.6. The number of carbonyl (C=O) groups excluding carboxylic acids is 3. The second-order valence-electron chi connectivity index (χ2n) is 8.42. The van der Waals surface area contributed by atoms with Gasteiger partial charge in [-0.1, -0.05) is 13.8 Å². The summed E-state index contributed by atoms with van der Waals surface area (Å²) in [6.07, 6.45) is 1.86. The highest BCUT2D eigenvalue weighted by Gasteiger charge is 2.32. The Morgan fingerprint density at radius 1 is 1.28 bits per heavy atom. The lowest BCUT2D eigenvalue weighted by Gasteiger charge is -2.20. The SMILES string of the molecule is Cc1cc(C(=O)COC(=O)C(NC(=O)c2ccco2)C(C)C)c(C)n1C1CCS(=O)(=O)C1. The molecule has 0 radical (unpaired) electrons. The van der Waals surface area contributed by atoms with Crippen molar-refractivity contribution in [3.63, 3.8) is 0 Å². The van der Waals surface area contributed by atoms with Gasteiger partial charge in [-0.2, -0.15) is 0 Å². The molecule has 1 saturated heterocycles. The fourth-order valence-corrected chi connectivity index (χ4v) is 5.72. The van der Waals surface area contributed by atoms with E-state index in [9.17, 15) is 22.8 Å². The Morgan fingerprint density at radius 2 is 2.00 bits per heavy atom. The van der Waals surface area contributed by atoms with Crippen LogP contribution in [0.4, 0.5) is 0 Å². The van der Waals surface area contributed by atoms with E-state index in [0.717, 1.165) is 5.69 Å². The average Bonchev–Trinajstić information content (AvgIpc) is 3.43. The fraction of sp³-hybridized carbons (Fsp3) is 0.500. The van der Waals surface area contributed by atoms with Gasteiger partial charge in [-0.3, -0.25) is 9.59 Å². The lowest BCUT2D eigenvalue weighted by molar-refractivity contribution is -0.145. The molecule has 10 heteroatoms. The Kier molecular flexibility index (Phi) is 6.92. The first-order valence-corrected chi connectivity index (χ1v) is 12.3. The molecule has 1 aliphatic rings. The number of nitrogens with zero attached hydrogens (tertiary/aromatic N) is 1. The third-order valence-corrected chi connectivity index (χ3v) is 7.41. The number of aryl methyl sites for hydroxylation is 1. The molecule has 2 aromatic heterocycles. The van der Waals surface area contributed by atoms with Gasteiger partial charge in [-0.25, -0.2) is 13.2 Å². The van der Waals surface area contributed by atoms with Crippen LogP contribution in [0, 0.1) is 19.8 Å². The number of rotatable bonds is 8. The number of aromatic nitrogens is 1. The van der Waals surface area contributed by atoms with Crippen LogP contribution in [-0.2, 0) is 19.4 Å². The van der Waals surface area contributed by atoms with E-state index in [1.807, 2.05) is 11.5 Å². The molecule has 0 aromatic carbocycles. The van der Waals surface area contributed by atoms with Crippen molar-refractivity contribution in [2.45, 2.75) is 46.2 Å². The summed E-state index contributed by atoms with van der Waals surface area (Å²) in [5.41, 5.74) is 1.82. The number of furan rings is 1. The fourth-order valence-electron chi connectivity index (χ4n) is 4.02. The molecule has 3 rings (SSSR count). The standard InChI is InChI=1S/C22H28N2O7S/c1-13(2)20(23-21(26)19-6-5-8-30-19)22(27)31-11-18(25)17-10-14(3)24(15(17)4)16-7-9-32(28,29)12-16/h5-6,8,10,13,16,20H,7,9,11-12H2,1-4H3,(H,23,26). The number of carbonyl (C=O) groups is 3. The molecule has 2 aromatic rings. The molecule has 1 fully saturated rings. The maximum atomic E-state index is 12.8. The van der Waals surface area contributed by atoms with Crippen molar-refractivity contribution in [3.05, 3.63) is 47.2 Å². The van der Waals surface area contributed by atoms with Crippen LogP contribution in [0.5, 0.6) is 0 Å². The maximum absolute atomic E-state index is 12.8. The predicted molar refractivity (Wildman–Crippen MR) is 116 cm³/mol. The smallest absolute Gasteiger partial charge is 0.329 e. The van der Waals surface area contributed by atoms with E-state index in [0.29, 0.717) is 17.7 Å². The largest absolute Gasteiger partial charge is 0.459 e. The summed E-state index contributed by atoms with van der Waals surface area (Å²) in [5, 5.41) is 2.57. The van der Waals surface area contributed by atoms with Gasteiger partial charge >= 0.3 is 5.97 Å². The maximum Gasteiger partial charge on any atom is 0.329 e. The molecule has 1 N–H and O–H groups in total. The Morgan fingerprint density at radius 3 is 2.56 bits per heavy atom. The summed E-state index contributed by atoms with van der Waals surface area (Å²) in [4.78, 5) is 37.6. The van der Waals surface area contributed by atoms with Crippen LogP contribution >= 0.6 is 0 Å². The molecular formula is C22H28N2O7S. The molecule has 2 unspecified atom stereocenters. The minimum Gasteiger partial charge on any atom is -0.459 e. The third-order valence-electron chi connectivity index (χ3n) is 5.66. The van der Waals surface area contributed by atoms with E-state index in [-0.39, 0.29) is 29.2 Å². The van der Waals surface area contributed by atoms with Gasteiger partial charge in [-0.05, 0) is 44.4 Å². The second kappa shape index (κ2) is 9.32. The summed E-state index contributed by atoms with van der Waals surface area (Å²) in [6, 6.07) is 3.58. The van der Waals surface area contributed by atoms with Crippen LogP contribution in [0.15, 0.2) is 28.9 Å². The number of ether oxygens (including phenoxy) is 1. The topological polar surface area (TPSA) is 125 Å². The van der Waals surface area contributed by atoms with Crippen molar-refractivity contribution in [3.8, 4) is 0 Å². The average molecular weight is 465 g/mol. The molecule has 0 spiro atoms. The first-order chi connectivity index (χ1) is 15.0. The van der Waals surface area contributed by atoms with Gasteiger partial charge in [0.2, 0.25) is 5.78 Å². The molecule has 1 aliphatic heterocycles. The van der Waals surface area contributed by atoms with Crippen LogP contribution in [0.3, 0.4) is 0 Å². The number of hydrogen-bond donors (Lipinski definition) is 1. The van der Waals surface area contributed by atoms with E-state index in [2.05, 4.69) is 5.32 Å². The lowest BCUT2D eigenvalue weighted by Crippen LogP contribution is -2.45. The van der Waals surface area contributed by atoms with E-state index in [1.54, 1.807) is 32.9 Å². The van der Waals surface area contributed by atoms with Crippen molar-refractivity contribution < 1.29 is 32.0 Å². The molecule has 0 saturated carbocycles. The van der Waals surface area contributed by atoms with Crippen molar-refractivity contribution in [2.75, 3.05) is 18.1 Å². The first-order valence-electron chi connectivity index (χ1n) is 10.4. The quantitative estimate of drug-likeness (QED) is 0.469. The summed E-state index contributed by atoms with van der Waals surface area (Å²) in [6.45, 7) is 6.60. The minimum absolute atomic E-state index is 0.0530. The molecule has 0 bridgehead atoms. The van der Waals surface area contributed by atoms with Crippen molar-refractivity contribution in [1.29, 1.82) is 0 Å². The van der Waals surface area contributed by atoms with E-state index >= 15 is 0 Å². The van der Waals surface area contributed by atoms with Crippen LogP contribution < -0.4 is 5.32 Å². The van der Waals surface area contributed by atoms with E-state index in [4.69, 9.17) is 9.15 Å². The van der Waals surface area contributed by atoms with Crippen molar-refractivity contribution in [1.82, 2.24) is 9.88 Å². The monoisotopic (exact) mass is 464 g/mol. The van der Waals surface area contributed by atoms with Gasteiger partial charge in [0.25, 0.3) is 5.91 Å². The molecule has 3 heterocycles. The summed E-state index contributed by atoms with van der Waals surface area (Å²) < 4.78 is 35.8. The van der Waals surface area contributed by atoms with E-state index < -0.39 is 40.1 Å². The Hall–Kier alpha value is -2.88. The molecule has 9 nitrogen and oxygen atoms in total. The zero-order valence-corrected chi connectivity index (χ0v) is 19.4. The zero-order chi connectivity index (χ0) is 23.6. The summed E-state index contributed by atoms with van der Waals surface area (Å²) in [5.74, 6) is -1.67. The van der Waals surface area contributed by atoms with Gasteiger partial charge < -0.3 is 19.0 Å². The van der Waals surface area contributed by atoms with Crippen LogP contribution in [0.1, 0.15) is 58.6 Å². The second-order valence-corrected chi connectivity index (χ2v) is 10.6. The predicted octanol–water partition coefficient (Wildman–Crippen LogP) is 2.24. The van der Waals surface area contributed by atoms with Crippen molar-refractivity contribution in [2.24, 2.45) is 5.92 Å². The van der Waals surface area contributed by atoms with Crippen LogP contribution in [0.2, 0.25) is 0 Å². The molecule has 174 valence electrons. The number of hydrogen-bond acceptors (Lipinski definition) is 7. The number of Topliss-reactive ketones (excluding diaryl/α,β-unsaturated/α-hetero) is 1. The number of ketones is 1. The molecule has 1 amide bonds. The highest BCUT2D eigenvalue weighted by atomic mass is 32.2. The summed E-state index contributed by atoms with van der Waals surface area (Å²) >= 11 is 0. The Bertz CT molecular complexity index is 1110. The normalized spacial score (nSPS) is 18.5. The Balaban J connectivity index is 1.66. The lowest BCUT2D eigenvalue weighted by atomic mass is 10.0. The number of amides is 1. The molecule has 0 aliphatic carbocycles. The first kappa shape index (κ1) is 23.8. The van der Waals surface area contributed by atoms with Crippen LogP contribution in [0.25, 0.3) is 0 Å². The highest BCUT2D eigenvalue weighted by Crippen LogP contribution is 2.29. The Labute approximate surface area is 187 Å². The minimum atomic E-state index is -3.07. The van der Waals surface area contributed by atoms with Gasteiger partial charge in [0.1, 0.15) is 6.04 Å². The summed E-state index contributed by atoms with van der Waals surface area (Å²) in [7, 11) is -3.07. The molecular weight excluding hydrogens is 436 g/mol. The van der Waals surface area contributed by atoms with Crippen LogP contribution in [-0.4, -0.2) is 54.8 Å². The van der Waals surface area contributed by atoms with Gasteiger partial charge in [-0.15, -0.1) is 0 Å². The number of esters is 1. The van der Waals surface area contributed by atoms with Crippen molar-refractivity contribution >= 4 is 27.5 Å². The van der Waals surface area contributed by atoms with Gasteiger partial charge in [0, 0.05) is 23.0 Å². The molecule has 32 heavy (non-hydrogen) atoms. The highest BCUT2D eigenvalue weighted by molar-refractivity contribution is 7.91. The van der Waals surface area contributed by atoms with Gasteiger partial charge in [0.15, 0.2) is 22.2 Å². The number of nitrogens with one attached hydrogen (secondary N) is 1. The van der Waals surface area contributed by atoms with Gasteiger partial charge in [0.05, 0.1) is 17.8 Å².